The molecule has 18 heavy (non-hydrogen) atoms. The number of amides is 2. The van der Waals surface area contributed by atoms with Crippen LogP contribution in [0.2, 0.25) is 0 Å². The van der Waals surface area contributed by atoms with Crippen LogP contribution in [0.5, 0.6) is 0 Å². The zero-order chi connectivity index (χ0) is 12.7. The van der Waals surface area contributed by atoms with E-state index in [1.807, 2.05) is 0 Å². The molecule has 2 unspecified atom stereocenters. The lowest BCUT2D eigenvalue weighted by molar-refractivity contribution is -0.122. The van der Waals surface area contributed by atoms with Crippen molar-refractivity contribution < 1.29 is 9.59 Å². The summed E-state index contributed by atoms with van der Waals surface area (Å²) in [5, 5.41) is 0. The zero-order valence-electron chi connectivity index (χ0n) is 9.80. The van der Waals surface area contributed by atoms with Gasteiger partial charge in [-0.3, -0.25) is 9.59 Å². The third-order valence-electron chi connectivity index (χ3n) is 3.77. The Labute approximate surface area is 114 Å². The van der Waals surface area contributed by atoms with E-state index in [4.69, 9.17) is 0 Å². The number of pyridine rings is 1. The number of nitrogens with zero attached hydrogens (tertiary/aromatic N) is 2. The fraction of sp³-hybridized carbons (Fsp3) is 0.462. The largest absolute Gasteiger partial charge is 0.274 e. The summed E-state index contributed by atoms with van der Waals surface area (Å²) in [6.07, 6.45) is 3.75. The van der Waals surface area contributed by atoms with Crippen molar-refractivity contribution in [2.75, 3.05) is 4.90 Å². The van der Waals surface area contributed by atoms with Gasteiger partial charge in [0.15, 0.2) is 0 Å². The summed E-state index contributed by atoms with van der Waals surface area (Å²) >= 11 is 3.27. The molecular weight excluding hydrogens is 296 g/mol. The number of hydrogen-bond donors (Lipinski definition) is 0. The number of rotatable bonds is 1. The SMILES string of the molecule is O=C1C2CCCCC2C(=O)N1c1cccc(Br)n1. The van der Waals surface area contributed by atoms with Crippen molar-refractivity contribution in [2.24, 2.45) is 11.8 Å². The molecule has 1 aliphatic carbocycles. The molecule has 1 saturated heterocycles. The van der Waals surface area contributed by atoms with Gasteiger partial charge in [-0.1, -0.05) is 18.9 Å². The highest BCUT2D eigenvalue weighted by atomic mass is 79.9. The van der Waals surface area contributed by atoms with Crippen molar-refractivity contribution in [3.05, 3.63) is 22.8 Å². The summed E-state index contributed by atoms with van der Waals surface area (Å²) < 4.78 is 0.635. The van der Waals surface area contributed by atoms with Gasteiger partial charge in [-0.2, -0.15) is 0 Å². The molecule has 1 saturated carbocycles. The predicted octanol–water partition coefficient (Wildman–Crippen LogP) is 2.52. The molecule has 2 heterocycles. The summed E-state index contributed by atoms with van der Waals surface area (Å²) in [6, 6.07) is 5.27. The van der Waals surface area contributed by atoms with Crippen LogP contribution in [0.25, 0.3) is 0 Å². The standard InChI is InChI=1S/C13H13BrN2O2/c14-10-6-3-7-11(15-10)16-12(17)8-4-1-2-5-9(8)13(16)18/h3,6-9H,1-2,4-5H2. The molecule has 5 heteroatoms. The average Bonchev–Trinajstić information content (AvgIpc) is 2.63. The quantitative estimate of drug-likeness (QED) is 0.592. The van der Waals surface area contributed by atoms with Gasteiger partial charge in [0, 0.05) is 0 Å². The third kappa shape index (κ3) is 1.77. The number of halogens is 1. The Bertz CT molecular complexity index is 493. The molecule has 0 N–H and O–H groups in total. The highest BCUT2D eigenvalue weighted by molar-refractivity contribution is 9.10. The first kappa shape index (κ1) is 11.8. The van der Waals surface area contributed by atoms with Crippen LogP contribution in [0.3, 0.4) is 0 Å². The number of carbonyl (C=O) groups excluding carboxylic acids is 2. The van der Waals surface area contributed by atoms with Gasteiger partial charge >= 0.3 is 0 Å². The lowest BCUT2D eigenvalue weighted by atomic mass is 9.81. The normalized spacial score (nSPS) is 27.5. The lowest BCUT2D eigenvalue weighted by Crippen LogP contribution is -2.31. The maximum Gasteiger partial charge on any atom is 0.238 e. The van der Waals surface area contributed by atoms with E-state index in [-0.39, 0.29) is 23.7 Å². The van der Waals surface area contributed by atoms with Crippen LogP contribution < -0.4 is 4.90 Å². The first-order valence-corrected chi connectivity index (χ1v) is 6.98. The summed E-state index contributed by atoms with van der Waals surface area (Å²) in [5.74, 6) is 0.0541. The third-order valence-corrected chi connectivity index (χ3v) is 4.21. The first-order chi connectivity index (χ1) is 8.68. The molecular formula is C13H13BrN2O2. The molecule has 0 spiro atoms. The van der Waals surface area contributed by atoms with Crippen LogP contribution >= 0.6 is 15.9 Å². The van der Waals surface area contributed by atoms with Crippen LogP contribution in [0, 0.1) is 11.8 Å². The minimum atomic E-state index is -0.118. The minimum absolute atomic E-state index is 0.0738. The molecule has 3 rings (SSSR count). The van der Waals surface area contributed by atoms with E-state index >= 15 is 0 Å². The number of aromatic nitrogens is 1. The van der Waals surface area contributed by atoms with E-state index in [0.717, 1.165) is 25.7 Å². The summed E-state index contributed by atoms with van der Waals surface area (Å²) in [5.41, 5.74) is 0. The molecule has 0 aromatic carbocycles. The summed E-state index contributed by atoms with van der Waals surface area (Å²) in [6.45, 7) is 0. The molecule has 2 fully saturated rings. The Hall–Kier alpha value is -1.23. The highest BCUT2D eigenvalue weighted by Gasteiger charge is 2.49. The Morgan fingerprint density at radius 2 is 1.72 bits per heavy atom. The molecule has 2 aliphatic rings. The van der Waals surface area contributed by atoms with Crippen molar-refractivity contribution in [1.29, 1.82) is 0 Å². The second kappa shape index (κ2) is 4.46. The molecule has 0 bridgehead atoms. The fourth-order valence-corrected chi connectivity index (χ4v) is 3.24. The van der Waals surface area contributed by atoms with Gasteiger partial charge in [-0.15, -0.1) is 0 Å². The van der Waals surface area contributed by atoms with Crippen molar-refractivity contribution in [2.45, 2.75) is 25.7 Å². The fourth-order valence-electron chi connectivity index (χ4n) is 2.91. The number of imide groups is 1. The molecule has 1 aromatic heterocycles. The van der Waals surface area contributed by atoms with E-state index in [1.165, 1.54) is 4.90 Å². The molecule has 2 atom stereocenters. The van der Waals surface area contributed by atoms with Crippen molar-refractivity contribution in [3.8, 4) is 0 Å². The van der Waals surface area contributed by atoms with Crippen molar-refractivity contribution >= 4 is 33.6 Å². The Morgan fingerprint density at radius 1 is 1.11 bits per heavy atom. The number of hydrogen-bond acceptors (Lipinski definition) is 3. The van der Waals surface area contributed by atoms with E-state index in [1.54, 1.807) is 18.2 Å². The maximum atomic E-state index is 12.3. The van der Waals surface area contributed by atoms with Crippen molar-refractivity contribution in [3.63, 3.8) is 0 Å². The van der Waals surface area contributed by atoms with E-state index in [2.05, 4.69) is 20.9 Å². The van der Waals surface area contributed by atoms with E-state index < -0.39 is 0 Å². The molecule has 94 valence electrons. The number of carbonyl (C=O) groups is 2. The average molecular weight is 309 g/mol. The van der Waals surface area contributed by atoms with E-state index in [9.17, 15) is 9.59 Å². The molecule has 1 aromatic rings. The molecule has 4 nitrogen and oxygen atoms in total. The second-order valence-corrected chi connectivity index (χ2v) is 5.64. The van der Waals surface area contributed by atoms with Gasteiger partial charge in [-0.25, -0.2) is 9.88 Å². The first-order valence-electron chi connectivity index (χ1n) is 6.19. The van der Waals surface area contributed by atoms with Crippen LogP contribution in [0.1, 0.15) is 25.7 Å². The highest BCUT2D eigenvalue weighted by Crippen LogP contribution is 2.39. The maximum absolute atomic E-state index is 12.3. The zero-order valence-corrected chi connectivity index (χ0v) is 11.4. The van der Waals surface area contributed by atoms with Gasteiger partial charge in [0.1, 0.15) is 10.4 Å². The van der Waals surface area contributed by atoms with Gasteiger partial charge in [-0.05, 0) is 40.9 Å². The Kier molecular flexibility index (Phi) is 2.93. The predicted molar refractivity (Wildman–Crippen MR) is 69.9 cm³/mol. The number of fused-ring (bicyclic) bond motifs is 1. The van der Waals surface area contributed by atoms with Crippen LogP contribution in [-0.4, -0.2) is 16.8 Å². The van der Waals surface area contributed by atoms with Gasteiger partial charge in [0.2, 0.25) is 11.8 Å². The van der Waals surface area contributed by atoms with Crippen LogP contribution in [0.15, 0.2) is 22.8 Å². The topological polar surface area (TPSA) is 50.3 Å². The van der Waals surface area contributed by atoms with Gasteiger partial charge < -0.3 is 0 Å². The van der Waals surface area contributed by atoms with E-state index in [0.29, 0.717) is 10.4 Å². The summed E-state index contributed by atoms with van der Waals surface area (Å²) in [7, 11) is 0. The minimum Gasteiger partial charge on any atom is -0.274 e. The van der Waals surface area contributed by atoms with Crippen LogP contribution in [-0.2, 0) is 9.59 Å². The monoisotopic (exact) mass is 308 g/mol. The summed E-state index contributed by atoms with van der Waals surface area (Å²) in [4.78, 5) is 30.1. The number of anilines is 1. The van der Waals surface area contributed by atoms with Crippen LogP contribution in [0.4, 0.5) is 5.82 Å². The smallest absolute Gasteiger partial charge is 0.238 e. The Balaban J connectivity index is 1.97. The molecule has 0 radical (unpaired) electrons. The van der Waals surface area contributed by atoms with Crippen molar-refractivity contribution in [1.82, 2.24) is 4.98 Å². The van der Waals surface area contributed by atoms with Gasteiger partial charge in [0.25, 0.3) is 0 Å². The van der Waals surface area contributed by atoms with Gasteiger partial charge in [0.05, 0.1) is 11.8 Å². The Morgan fingerprint density at radius 3 is 2.28 bits per heavy atom. The second-order valence-electron chi connectivity index (χ2n) is 4.83. The lowest BCUT2D eigenvalue weighted by Gasteiger charge is -2.19. The molecule has 1 aliphatic heterocycles. The molecule has 2 amide bonds.